The number of rotatable bonds is 7. The molecule has 0 aliphatic rings. The van der Waals surface area contributed by atoms with E-state index in [1.54, 1.807) is 32.0 Å². The number of nitrogens with zero attached hydrogens (tertiary/aromatic N) is 3. The molecule has 1 aromatic rings. The first-order chi connectivity index (χ1) is 9.28. The van der Waals surface area contributed by atoms with Crippen LogP contribution < -0.4 is 4.90 Å². The predicted molar refractivity (Wildman–Crippen MR) is 75.2 cm³/mol. The summed E-state index contributed by atoms with van der Waals surface area (Å²) < 4.78 is 25.6. The second-order valence-electron chi connectivity index (χ2n) is 4.48. The van der Waals surface area contributed by atoms with E-state index in [0.29, 0.717) is 12.2 Å². The predicted octanol–water partition coefficient (Wildman–Crippen LogP) is 0.633. The Hall–Kier alpha value is -1.67. The Balaban J connectivity index is 3.08. The first kappa shape index (κ1) is 16.4. The molecule has 1 aromatic heterocycles. The Kier molecular flexibility index (Phi) is 5.46. The molecule has 0 saturated carbocycles. The maximum absolute atomic E-state index is 12.3. The molecule has 0 spiro atoms. The van der Waals surface area contributed by atoms with Crippen LogP contribution in [0.2, 0.25) is 0 Å². The average molecular weight is 301 g/mol. The van der Waals surface area contributed by atoms with Crippen LogP contribution in [0.3, 0.4) is 0 Å². The fourth-order valence-electron chi connectivity index (χ4n) is 1.62. The lowest BCUT2D eigenvalue weighted by atomic mass is 10.4. The Labute approximate surface area is 118 Å². The highest BCUT2D eigenvalue weighted by Gasteiger charge is 2.26. The second-order valence-corrected chi connectivity index (χ2v) is 6.42. The Morgan fingerprint density at radius 1 is 1.35 bits per heavy atom. The molecule has 7 nitrogen and oxygen atoms in total. The molecule has 112 valence electrons. The maximum atomic E-state index is 12.3. The van der Waals surface area contributed by atoms with Crippen LogP contribution in [0.15, 0.2) is 23.2 Å². The highest BCUT2D eigenvalue weighted by atomic mass is 32.2. The molecule has 20 heavy (non-hydrogen) atoms. The van der Waals surface area contributed by atoms with Crippen LogP contribution in [0.25, 0.3) is 0 Å². The fourth-order valence-corrected chi connectivity index (χ4v) is 3.05. The summed E-state index contributed by atoms with van der Waals surface area (Å²) in [6.45, 7) is 1.40. The highest BCUT2D eigenvalue weighted by Crippen LogP contribution is 2.17. The Morgan fingerprint density at radius 3 is 2.40 bits per heavy atom. The number of hydrogen-bond donors (Lipinski definition) is 1. The summed E-state index contributed by atoms with van der Waals surface area (Å²) in [5.41, 5.74) is 0. The largest absolute Gasteiger partial charge is 0.480 e. The van der Waals surface area contributed by atoms with E-state index in [2.05, 4.69) is 4.98 Å². The van der Waals surface area contributed by atoms with Gasteiger partial charge in [-0.05, 0) is 18.6 Å². The van der Waals surface area contributed by atoms with Crippen molar-refractivity contribution in [2.24, 2.45) is 0 Å². The standard InChI is InChI=1S/C12H19N3O4S/c1-4-7-15(9-12(16)17)20(18,19)10-5-6-11(13-8-10)14(2)3/h5-6,8H,4,7,9H2,1-3H3,(H,16,17). The zero-order chi connectivity index (χ0) is 15.3. The number of carbonyl (C=O) groups is 1. The molecule has 8 heteroatoms. The summed E-state index contributed by atoms with van der Waals surface area (Å²) in [6, 6.07) is 3.01. The van der Waals surface area contributed by atoms with Crippen molar-refractivity contribution in [3.8, 4) is 0 Å². The van der Waals surface area contributed by atoms with Gasteiger partial charge in [0.2, 0.25) is 10.0 Å². The summed E-state index contributed by atoms with van der Waals surface area (Å²) in [4.78, 5) is 16.6. The number of pyridine rings is 1. The Bertz CT molecular complexity index is 555. The van der Waals surface area contributed by atoms with E-state index in [-0.39, 0.29) is 11.4 Å². The van der Waals surface area contributed by atoms with Crippen molar-refractivity contribution < 1.29 is 18.3 Å². The zero-order valence-electron chi connectivity index (χ0n) is 11.8. The van der Waals surface area contributed by atoms with Crippen molar-refractivity contribution >= 4 is 21.8 Å². The van der Waals surface area contributed by atoms with Gasteiger partial charge < -0.3 is 10.0 Å². The molecule has 1 heterocycles. The summed E-state index contributed by atoms with van der Waals surface area (Å²) in [5, 5.41) is 8.81. The molecule has 0 unspecified atom stereocenters. The van der Waals surface area contributed by atoms with Crippen LogP contribution in [0.4, 0.5) is 5.82 Å². The van der Waals surface area contributed by atoms with Gasteiger partial charge in [0, 0.05) is 26.8 Å². The van der Waals surface area contributed by atoms with Gasteiger partial charge in [0.15, 0.2) is 0 Å². The third kappa shape index (κ3) is 3.91. The molecule has 0 fully saturated rings. The summed E-state index contributed by atoms with van der Waals surface area (Å²) in [7, 11) is -0.237. The monoisotopic (exact) mass is 301 g/mol. The van der Waals surface area contributed by atoms with Crippen LogP contribution in [-0.4, -0.2) is 56.0 Å². The number of sulfonamides is 1. The van der Waals surface area contributed by atoms with Crippen LogP contribution in [0.1, 0.15) is 13.3 Å². The lowest BCUT2D eigenvalue weighted by Crippen LogP contribution is -2.36. The van der Waals surface area contributed by atoms with Crippen molar-refractivity contribution in [1.29, 1.82) is 0 Å². The number of hydrogen-bond acceptors (Lipinski definition) is 5. The summed E-state index contributed by atoms with van der Waals surface area (Å²) >= 11 is 0. The van der Waals surface area contributed by atoms with Crippen molar-refractivity contribution in [3.05, 3.63) is 18.3 Å². The van der Waals surface area contributed by atoms with Crippen LogP contribution in [0, 0.1) is 0 Å². The minimum Gasteiger partial charge on any atom is -0.480 e. The van der Waals surface area contributed by atoms with Crippen molar-refractivity contribution in [2.45, 2.75) is 18.2 Å². The lowest BCUT2D eigenvalue weighted by molar-refractivity contribution is -0.137. The molecule has 0 atom stereocenters. The highest BCUT2D eigenvalue weighted by molar-refractivity contribution is 7.89. The van der Waals surface area contributed by atoms with E-state index in [1.165, 1.54) is 12.3 Å². The van der Waals surface area contributed by atoms with E-state index in [9.17, 15) is 13.2 Å². The molecule has 1 rings (SSSR count). The molecule has 0 radical (unpaired) electrons. The zero-order valence-corrected chi connectivity index (χ0v) is 12.6. The summed E-state index contributed by atoms with van der Waals surface area (Å²) in [5.74, 6) is -0.552. The van der Waals surface area contributed by atoms with Crippen molar-refractivity contribution in [1.82, 2.24) is 9.29 Å². The number of carboxylic acids is 1. The molecule has 0 amide bonds. The molecule has 0 aliphatic carbocycles. The van der Waals surface area contributed by atoms with Gasteiger partial charge in [-0.2, -0.15) is 4.31 Å². The molecule has 0 aromatic carbocycles. The number of carboxylic acid groups (broad SMARTS) is 1. The van der Waals surface area contributed by atoms with E-state index in [0.717, 1.165) is 4.31 Å². The third-order valence-electron chi connectivity index (χ3n) is 2.60. The Morgan fingerprint density at radius 2 is 2.00 bits per heavy atom. The average Bonchev–Trinajstić information content (AvgIpc) is 2.37. The first-order valence-electron chi connectivity index (χ1n) is 6.14. The molecule has 0 bridgehead atoms. The van der Waals surface area contributed by atoms with Gasteiger partial charge >= 0.3 is 5.97 Å². The van der Waals surface area contributed by atoms with Gasteiger partial charge in [0.1, 0.15) is 17.3 Å². The van der Waals surface area contributed by atoms with E-state index < -0.39 is 22.5 Å². The van der Waals surface area contributed by atoms with Gasteiger partial charge in [-0.3, -0.25) is 4.79 Å². The molecule has 0 saturated heterocycles. The molecule has 1 N–H and O–H groups in total. The number of anilines is 1. The van der Waals surface area contributed by atoms with E-state index in [4.69, 9.17) is 5.11 Å². The maximum Gasteiger partial charge on any atom is 0.318 e. The smallest absolute Gasteiger partial charge is 0.318 e. The molecular formula is C12H19N3O4S. The SMILES string of the molecule is CCCN(CC(=O)O)S(=O)(=O)c1ccc(N(C)C)nc1. The van der Waals surface area contributed by atoms with Crippen molar-refractivity contribution in [2.75, 3.05) is 32.1 Å². The number of aromatic nitrogens is 1. The summed E-state index contributed by atoms with van der Waals surface area (Å²) in [6.07, 6.45) is 1.78. The van der Waals surface area contributed by atoms with Crippen LogP contribution >= 0.6 is 0 Å². The van der Waals surface area contributed by atoms with Gasteiger partial charge in [-0.1, -0.05) is 6.92 Å². The second kappa shape index (κ2) is 6.67. The van der Waals surface area contributed by atoms with Crippen molar-refractivity contribution in [3.63, 3.8) is 0 Å². The minimum atomic E-state index is -3.83. The van der Waals surface area contributed by atoms with E-state index in [1.807, 2.05) is 0 Å². The van der Waals surface area contributed by atoms with Gasteiger partial charge in [-0.25, -0.2) is 13.4 Å². The van der Waals surface area contributed by atoms with Gasteiger partial charge in [-0.15, -0.1) is 0 Å². The fraction of sp³-hybridized carbons (Fsp3) is 0.500. The third-order valence-corrected chi connectivity index (χ3v) is 4.43. The van der Waals surface area contributed by atoms with E-state index >= 15 is 0 Å². The van der Waals surface area contributed by atoms with Gasteiger partial charge in [0.05, 0.1) is 0 Å². The number of aliphatic carboxylic acids is 1. The van der Waals surface area contributed by atoms with Gasteiger partial charge in [0.25, 0.3) is 0 Å². The minimum absolute atomic E-state index is 0.00204. The quantitative estimate of drug-likeness (QED) is 0.794. The molecular weight excluding hydrogens is 282 g/mol. The lowest BCUT2D eigenvalue weighted by Gasteiger charge is -2.20. The molecule has 0 aliphatic heterocycles. The first-order valence-corrected chi connectivity index (χ1v) is 7.58. The topological polar surface area (TPSA) is 90.8 Å². The van der Waals surface area contributed by atoms with Crippen LogP contribution in [0.5, 0.6) is 0 Å². The van der Waals surface area contributed by atoms with Crippen LogP contribution in [-0.2, 0) is 14.8 Å². The normalized spacial score (nSPS) is 11.6.